The molecule has 0 fully saturated rings. The maximum Gasteiger partial charge on any atom is 0.118 e. The van der Waals surface area contributed by atoms with Gasteiger partial charge < -0.3 is 10.1 Å². The standard InChI is InChI=1S/C14H23NOS/c1-5-15-14(11(2)3)10-17-13-8-6-12(16-4)7-9-13/h6-9,11,14-15H,5,10H2,1-4H3. The van der Waals surface area contributed by atoms with Gasteiger partial charge in [0.25, 0.3) is 0 Å². The van der Waals surface area contributed by atoms with Gasteiger partial charge in [-0.2, -0.15) is 0 Å². The summed E-state index contributed by atoms with van der Waals surface area (Å²) in [4.78, 5) is 1.30. The molecule has 17 heavy (non-hydrogen) atoms. The molecule has 1 aromatic rings. The van der Waals surface area contributed by atoms with Crippen molar-refractivity contribution in [3.05, 3.63) is 24.3 Å². The molecule has 0 amide bonds. The molecular weight excluding hydrogens is 230 g/mol. The van der Waals surface area contributed by atoms with Gasteiger partial charge in [0.05, 0.1) is 7.11 Å². The fourth-order valence-corrected chi connectivity index (χ4v) is 2.81. The Bertz CT molecular complexity index is 311. The minimum absolute atomic E-state index is 0.576. The summed E-state index contributed by atoms with van der Waals surface area (Å²) < 4.78 is 5.15. The molecule has 0 radical (unpaired) electrons. The Hall–Kier alpha value is -0.670. The van der Waals surface area contributed by atoms with Crippen LogP contribution in [0.15, 0.2) is 29.2 Å². The lowest BCUT2D eigenvalue weighted by molar-refractivity contribution is 0.414. The molecule has 0 saturated carbocycles. The number of methoxy groups -OCH3 is 1. The number of nitrogens with one attached hydrogen (secondary N) is 1. The molecule has 0 aromatic heterocycles. The summed E-state index contributed by atoms with van der Waals surface area (Å²) in [6.07, 6.45) is 0. The Morgan fingerprint density at radius 3 is 2.35 bits per heavy atom. The van der Waals surface area contributed by atoms with Crippen LogP contribution in [0.3, 0.4) is 0 Å². The van der Waals surface area contributed by atoms with Crippen molar-refractivity contribution in [2.24, 2.45) is 5.92 Å². The van der Waals surface area contributed by atoms with E-state index in [2.05, 4.69) is 38.2 Å². The first-order valence-corrected chi connectivity index (χ1v) is 7.16. The summed E-state index contributed by atoms with van der Waals surface area (Å²) in [6.45, 7) is 7.73. The van der Waals surface area contributed by atoms with Crippen LogP contribution in [0.4, 0.5) is 0 Å². The molecule has 0 spiro atoms. The highest BCUT2D eigenvalue weighted by atomic mass is 32.2. The van der Waals surface area contributed by atoms with Gasteiger partial charge in [-0.3, -0.25) is 0 Å². The molecule has 0 heterocycles. The van der Waals surface area contributed by atoms with Gasteiger partial charge in [-0.1, -0.05) is 20.8 Å². The normalized spacial score (nSPS) is 12.8. The number of hydrogen-bond acceptors (Lipinski definition) is 3. The van der Waals surface area contributed by atoms with Gasteiger partial charge in [0.15, 0.2) is 0 Å². The maximum atomic E-state index is 5.15. The predicted molar refractivity (Wildman–Crippen MR) is 76.0 cm³/mol. The zero-order chi connectivity index (χ0) is 12.7. The van der Waals surface area contributed by atoms with Crippen LogP contribution in [0, 0.1) is 5.92 Å². The van der Waals surface area contributed by atoms with E-state index in [1.165, 1.54) is 4.90 Å². The molecule has 3 heteroatoms. The quantitative estimate of drug-likeness (QED) is 0.752. The first-order valence-electron chi connectivity index (χ1n) is 6.17. The Morgan fingerprint density at radius 1 is 1.24 bits per heavy atom. The molecule has 96 valence electrons. The maximum absolute atomic E-state index is 5.15. The molecular formula is C14H23NOS. The highest BCUT2D eigenvalue weighted by Gasteiger charge is 2.11. The molecule has 0 aliphatic rings. The van der Waals surface area contributed by atoms with E-state index in [0.717, 1.165) is 18.0 Å². The van der Waals surface area contributed by atoms with E-state index in [-0.39, 0.29) is 0 Å². The van der Waals surface area contributed by atoms with Gasteiger partial charge in [-0.05, 0) is 36.7 Å². The average Bonchev–Trinajstić information content (AvgIpc) is 2.34. The Morgan fingerprint density at radius 2 is 1.88 bits per heavy atom. The molecule has 0 bridgehead atoms. The second kappa shape index (κ2) is 7.62. The van der Waals surface area contributed by atoms with Crippen LogP contribution in [0.5, 0.6) is 5.75 Å². The van der Waals surface area contributed by atoms with Gasteiger partial charge in [0.2, 0.25) is 0 Å². The predicted octanol–water partition coefficient (Wildman–Crippen LogP) is 3.42. The lowest BCUT2D eigenvalue weighted by Gasteiger charge is -2.21. The van der Waals surface area contributed by atoms with E-state index in [1.807, 2.05) is 23.9 Å². The molecule has 1 atom stereocenters. The van der Waals surface area contributed by atoms with Crippen molar-refractivity contribution >= 4 is 11.8 Å². The summed E-state index contributed by atoms with van der Waals surface area (Å²) in [6, 6.07) is 8.84. The van der Waals surface area contributed by atoms with E-state index in [0.29, 0.717) is 12.0 Å². The Balaban J connectivity index is 2.47. The summed E-state index contributed by atoms with van der Waals surface area (Å²) in [7, 11) is 1.70. The SMILES string of the molecule is CCNC(CSc1ccc(OC)cc1)C(C)C. The molecule has 1 N–H and O–H groups in total. The van der Waals surface area contributed by atoms with Crippen LogP contribution < -0.4 is 10.1 Å². The highest BCUT2D eigenvalue weighted by molar-refractivity contribution is 7.99. The number of thioether (sulfide) groups is 1. The molecule has 1 unspecified atom stereocenters. The van der Waals surface area contributed by atoms with Gasteiger partial charge in [0, 0.05) is 16.7 Å². The fourth-order valence-electron chi connectivity index (χ4n) is 1.61. The first kappa shape index (κ1) is 14.4. The Labute approximate surface area is 109 Å². The zero-order valence-electron chi connectivity index (χ0n) is 11.2. The molecule has 2 nitrogen and oxygen atoms in total. The third-order valence-electron chi connectivity index (χ3n) is 2.76. The summed E-state index contributed by atoms with van der Waals surface area (Å²) in [5.41, 5.74) is 0. The van der Waals surface area contributed by atoms with Crippen LogP contribution in [0.1, 0.15) is 20.8 Å². The van der Waals surface area contributed by atoms with Crippen molar-refractivity contribution in [1.29, 1.82) is 0 Å². The van der Waals surface area contributed by atoms with E-state index >= 15 is 0 Å². The van der Waals surface area contributed by atoms with Gasteiger partial charge in [-0.25, -0.2) is 0 Å². The molecule has 0 aliphatic heterocycles. The number of hydrogen-bond donors (Lipinski definition) is 1. The third-order valence-corrected chi connectivity index (χ3v) is 3.89. The van der Waals surface area contributed by atoms with Gasteiger partial charge in [0.1, 0.15) is 5.75 Å². The van der Waals surface area contributed by atoms with Crippen molar-refractivity contribution in [3.8, 4) is 5.75 Å². The lowest BCUT2D eigenvalue weighted by atomic mass is 10.1. The zero-order valence-corrected chi connectivity index (χ0v) is 12.0. The molecule has 0 aliphatic carbocycles. The van der Waals surface area contributed by atoms with Crippen molar-refractivity contribution in [3.63, 3.8) is 0 Å². The second-order valence-corrected chi connectivity index (χ2v) is 5.49. The smallest absolute Gasteiger partial charge is 0.118 e. The fraction of sp³-hybridized carbons (Fsp3) is 0.571. The monoisotopic (exact) mass is 253 g/mol. The average molecular weight is 253 g/mol. The summed E-state index contributed by atoms with van der Waals surface area (Å²) >= 11 is 1.90. The van der Waals surface area contributed by atoms with Crippen LogP contribution in [0.25, 0.3) is 0 Å². The highest BCUT2D eigenvalue weighted by Crippen LogP contribution is 2.23. The molecule has 1 aromatic carbocycles. The lowest BCUT2D eigenvalue weighted by Crippen LogP contribution is -2.35. The van der Waals surface area contributed by atoms with E-state index in [9.17, 15) is 0 Å². The number of benzene rings is 1. The molecule has 0 saturated heterocycles. The van der Waals surface area contributed by atoms with E-state index in [4.69, 9.17) is 4.74 Å². The van der Waals surface area contributed by atoms with Crippen molar-refractivity contribution < 1.29 is 4.74 Å². The second-order valence-electron chi connectivity index (χ2n) is 4.39. The van der Waals surface area contributed by atoms with Crippen LogP contribution in [-0.2, 0) is 0 Å². The van der Waals surface area contributed by atoms with Gasteiger partial charge >= 0.3 is 0 Å². The van der Waals surface area contributed by atoms with E-state index < -0.39 is 0 Å². The topological polar surface area (TPSA) is 21.3 Å². The van der Waals surface area contributed by atoms with Crippen molar-refractivity contribution in [2.45, 2.75) is 31.7 Å². The van der Waals surface area contributed by atoms with Gasteiger partial charge in [-0.15, -0.1) is 11.8 Å². The largest absolute Gasteiger partial charge is 0.497 e. The minimum Gasteiger partial charge on any atom is -0.497 e. The summed E-state index contributed by atoms with van der Waals surface area (Å²) in [5.74, 6) is 2.69. The minimum atomic E-state index is 0.576. The van der Waals surface area contributed by atoms with Crippen molar-refractivity contribution in [1.82, 2.24) is 5.32 Å². The van der Waals surface area contributed by atoms with Crippen LogP contribution in [-0.4, -0.2) is 25.4 Å². The molecule has 1 rings (SSSR count). The number of ether oxygens (including phenoxy) is 1. The number of rotatable bonds is 7. The summed E-state index contributed by atoms with van der Waals surface area (Å²) in [5, 5.41) is 3.53. The van der Waals surface area contributed by atoms with Crippen LogP contribution in [0.2, 0.25) is 0 Å². The van der Waals surface area contributed by atoms with Crippen molar-refractivity contribution in [2.75, 3.05) is 19.4 Å². The third kappa shape index (κ3) is 5.00. The first-order chi connectivity index (χ1) is 8.17. The van der Waals surface area contributed by atoms with Crippen LogP contribution >= 0.6 is 11.8 Å². The van der Waals surface area contributed by atoms with E-state index in [1.54, 1.807) is 7.11 Å². The Kier molecular flexibility index (Phi) is 6.45.